The van der Waals surface area contributed by atoms with E-state index in [9.17, 15) is 13.2 Å². The maximum Gasteiger partial charge on any atom is 0.232 e. The summed E-state index contributed by atoms with van der Waals surface area (Å²) in [7, 11) is 1.68. The fourth-order valence-corrected chi connectivity index (χ4v) is 4.05. The van der Waals surface area contributed by atoms with Crippen LogP contribution in [-0.4, -0.2) is 41.5 Å². The van der Waals surface area contributed by atoms with Crippen LogP contribution in [0.2, 0.25) is 0 Å². The number of hydrogen-bond donors (Lipinski definition) is 0. The maximum absolute atomic E-state index is 12.0. The molecule has 2 aromatic rings. The van der Waals surface area contributed by atoms with Gasteiger partial charge in [0.05, 0.1) is 16.8 Å². The van der Waals surface area contributed by atoms with E-state index < -0.39 is 9.05 Å². The van der Waals surface area contributed by atoms with Gasteiger partial charge in [-0.15, -0.1) is 0 Å². The van der Waals surface area contributed by atoms with Crippen molar-refractivity contribution in [2.24, 2.45) is 5.92 Å². The first-order valence-electron chi connectivity index (χ1n) is 6.80. The maximum atomic E-state index is 12.0. The van der Waals surface area contributed by atoms with Gasteiger partial charge in [0.2, 0.25) is 15.0 Å². The highest BCUT2D eigenvalue weighted by Crippen LogP contribution is 2.23. The molecule has 1 aliphatic rings. The molecule has 1 aliphatic heterocycles. The Morgan fingerprint density at radius 1 is 1.23 bits per heavy atom. The quantitative estimate of drug-likeness (QED) is 0.789. The van der Waals surface area contributed by atoms with E-state index in [1.54, 1.807) is 17.3 Å². The minimum atomic E-state index is -3.58. The fourth-order valence-electron chi connectivity index (χ4n) is 2.73. The third kappa shape index (κ3) is 3.53. The number of halogens is 1. The summed E-state index contributed by atoms with van der Waals surface area (Å²) in [5.41, 5.74) is 2.51. The van der Waals surface area contributed by atoms with Crippen LogP contribution in [0.15, 0.2) is 30.6 Å². The Morgan fingerprint density at radius 3 is 2.68 bits per heavy atom. The summed E-state index contributed by atoms with van der Waals surface area (Å²) in [5.74, 6) is -0.459. The SMILES string of the molecule is O=C1CC(CS(=O)(=O)Cl)CN1Cc1ccc2nccnc2c1. The Morgan fingerprint density at radius 2 is 1.95 bits per heavy atom. The minimum absolute atomic E-state index is 0.0513. The highest BCUT2D eigenvalue weighted by molar-refractivity contribution is 8.13. The van der Waals surface area contributed by atoms with E-state index in [0.717, 1.165) is 16.6 Å². The molecular formula is C14H14ClN3O3S. The standard InChI is InChI=1S/C14H14ClN3O3S/c15-22(20,21)9-11-6-14(19)18(8-11)7-10-1-2-12-13(5-10)17-4-3-16-12/h1-5,11H,6-9H2. The highest BCUT2D eigenvalue weighted by atomic mass is 35.7. The van der Waals surface area contributed by atoms with E-state index in [1.807, 2.05) is 18.2 Å². The number of carbonyl (C=O) groups is 1. The van der Waals surface area contributed by atoms with Crippen molar-refractivity contribution in [3.63, 3.8) is 0 Å². The lowest BCUT2D eigenvalue weighted by Crippen LogP contribution is -2.25. The number of amides is 1. The lowest BCUT2D eigenvalue weighted by atomic mass is 10.1. The summed E-state index contributed by atoms with van der Waals surface area (Å²) in [4.78, 5) is 22.1. The van der Waals surface area contributed by atoms with Crippen LogP contribution in [0.25, 0.3) is 11.0 Å². The molecule has 8 heteroatoms. The van der Waals surface area contributed by atoms with Crippen molar-refractivity contribution >= 4 is 36.7 Å². The van der Waals surface area contributed by atoms with E-state index in [-0.39, 0.29) is 24.0 Å². The Bertz CT molecular complexity index is 825. The third-order valence-electron chi connectivity index (χ3n) is 3.64. The zero-order chi connectivity index (χ0) is 15.7. The normalized spacial score (nSPS) is 19.0. The first-order valence-corrected chi connectivity index (χ1v) is 9.28. The van der Waals surface area contributed by atoms with E-state index >= 15 is 0 Å². The summed E-state index contributed by atoms with van der Waals surface area (Å²) in [5, 5.41) is 0. The molecule has 116 valence electrons. The molecule has 6 nitrogen and oxygen atoms in total. The summed E-state index contributed by atoms with van der Waals surface area (Å²) >= 11 is 0. The Hall–Kier alpha value is -1.73. The molecule has 0 radical (unpaired) electrons. The molecule has 1 atom stereocenters. The number of aromatic nitrogens is 2. The van der Waals surface area contributed by atoms with Crippen LogP contribution in [0.1, 0.15) is 12.0 Å². The van der Waals surface area contributed by atoms with Gasteiger partial charge in [0, 0.05) is 48.5 Å². The van der Waals surface area contributed by atoms with Gasteiger partial charge in [0.1, 0.15) is 0 Å². The van der Waals surface area contributed by atoms with E-state index in [1.165, 1.54) is 0 Å². The van der Waals surface area contributed by atoms with Gasteiger partial charge >= 0.3 is 0 Å². The highest BCUT2D eigenvalue weighted by Gasteiger charge is 2.32. The Kier molecular flexibility index (Phi) is 4.01. The van der Waals surface area contributed by atoms with Crippen LogP contribution in [0.3, 0.4) is 0 Å². The molecule has 1 unspecified atom stereocenters. The summed E-state index contributed by atoms with van der Waals surface area (Å²) in [6, 6.07) is 5.65. The number of carbonyl (C=O) groups excluding carboxylic acids is 1. The number of rotatable bonds is 4. The van der Waals surface area contributed by atoms with Crippen molar-refractivity contribution in [3.05, 3.63) is 36.2 Å². The smallest absolute Gasteiger partial charge is 0.232 e. The summed E-state index contributed by atoms with van der Waals surface area (Å²) in [6.45, 7) is 0.841. The molecule has 3 rings (SSSR count). The molecule has 1 aromatic carbocycles. The van der Waals surface area contributed by atoms with Gasteiger partial charge in [-0.25, -0.2) is 8.42 Å². The van der Waals surface area contributed by atoms with Crippen molar-refractivity contribution in [2.45, 2.75) is 13.0 Å². The number of benzene rings is 1. The second-order valence-corrected chi connectivity index (χ2v) is 8.25. The number of fused-ring (bicyclic) bond motifs is 1. The van der Waals surface area contributed by atoms with Crippen LogP contribution in [-0.2, 0) is 20.4 Å². The van der Waals surface area contributed by atoms with Crippen LogP contribution < -0.4 is 0 Å². The van der Waals surface area contributed by atoms with Crippen molar-refractivity contribution < 1.29 is 13.2 Å². The van der Waals surface area contributed by atoms with E-state index in [4.69, 9.17) is 10.7 Å². The number of nitrogens with zero attached hydrogens (tertiary/aromatic N) is 3. The minimum Gasteiger partial charge on any atom is -0.338 e. The van der Waals surface area contributed by atoms with Crippen LogP contribution >= 0.6 is 10.7 Å². The number of likely N-dealkylation sites (tertiary alicyclic amines) is 1. The lowest BCUT2D eigenvalue weighted by Gasteiger charge is -2.16. The van der Waals surface area contributed by atoms with Gasteiger partial charge in [0.15, 0.2) is 0 Å². The van der Waals surface area contributed by atoms with E-state index in [0.29, 0.717) is 13.1 Å². The monoisotopic (exact) mass is 339 g/mol. The summed E-state index contributed by atoms with van der Waals surface area (Å²) in [6.07, 6.45) is 3.47. The van der Waals surface area contributed by atoms with Crippen molar-refractivity contribution in [3.8, 4) is 0 Å². The zero-order valence-electron chi connectivity index (χ0n) is 11.6. The predicted octanol–water partition coefficient (Wildman–Crippen LogP) is 1.55. The molecule has 0 spiro atoms. The first-order chi connectivity index (χ1) is 10.4. The number of hydrogen-bond acceptors (Lipinski definition) is 5. The largest absolute Gasteiger partial charge is 0.338 e. The van der Waals surface area contributed by atoms with Crippen LogP contribution in [0.4, 0.5) is 0 Å². The third-order valence-corrected chi connectivity index (χ3v) is 4.88. The zero-order valence-corrected chi connectivity index (χ0v) is 13.2. The van der Waals surface area contributed by atoms with Crippen molar-refractivity contribution in [2.75, 3.05) is 12.3 Å². The van der Waals surface area contributed by atoms with Gasteiger partial charge in [-0.2, -0.15) is 0 Å². The van der Waals surface area contributed by atoms with Gasteiger partial charge in [-0.1, -0.05) is 6.07 Å². The molecule has 0 saturated carbocycles. The molecule has 0 N–H and O–H groups in total. The lowest BCUT2D eigenvalue weighted by molar-refractivity contribution is -0.128. The topological polar surface area (TPSA) is 80.2 Å². The molecule has 0 bridgehead atoms. The van der Waals surface area contributed by atoms with Crippen LogP contribution in [0, 0.1) is 5.92 Å². The summed E-state index contributed by atoms with van der Waals surface area (Å²) < 4.78 is 22.3. The van der Waals surface area contributed by atoms with Crippen molar-refractivity contribution in [1.82, 2.24) is 14.9 Å². The fraction of sp³-hybridized carbons (Fsp3) is 0.357. The van der Waals surface area contributed by atoms with Gasteiger partial charge < -0.3 is 4.90 Å². The first kappa shape index (κ1) is 15.2. The molecule has 2 heterocycles. The average Bonchev–Trinajstić information content (AvgIpc) is 2.76. The predicted molar refractivity (Wildman–Crippen MR) is 82.7 cm³/mol. The average molecular weight is 340 g/mol. The second kappa shape index (κ2) is 5.81. The van der Waals surface area contributed by atoms with E-state index in [2.05, 4.69) is 9.97 Å². The molecule has 22 heavy (non-hydrogen) atoms. The second-order valence-electron chi connectivity index (χ2n) is 5.43. The van der Waals surface area contributed by atoms with Crippen LogP contribution in [0.5, 0.6) is 0 Å². The molecule has 1 aromatic heterocycles. The van der Waals surface area contributed by atoms with Gasteiger partial charge in [-0.05, 0) is 17.7 Å². The Balaban J connectivity index is 1.73. The molecule has 0 aliphatic carbocycles. The molecule has 1 amide bonds. The van der Waals surface area contributed by atoms with Crippen molar-refractivity contribution in [1.29, 1.82) is 0 Å². The van der Waals surface area contributed by atoms with Gasteiger partial charge in [-0.3, -0.25) is 14.8 Å². The molecule has 1 saturated heterocycles. The van der Waals surface area contributed by atoms with Gasteiger partial charge in [0.25, 0.3) is 0 Å². The molecular weight excluding hydrogens is 326 g/mol. The molecule has 1 fully saturated rings. The Labute approximate surface area is 132 Å².